The molecule has 2 atom stereocenters. The van der Waals surface area contributed by atoms with E-state index in [1.807, 2.05) is 7.05 Å². The van der Waals surface area contributed by atoms with Crippen molar-refractivity contribution in [2.24, 2.45) is 5.92 Å². The summed E-state index contributed by atoms with van der Waals surface area (Å²) in [5, 5.41) is 9.80. The van der Waals surface area contributed by atoms with Gasteiger partial charge in [0.25, 0.3) is 0 Å². The van der Waals surface area contributed by atoms with E-state index in [-0.39, 0.29) is 11.9 Å². The van der Waals surface area contributed by atoms with Crippen molar-refractivity contribution in [1.29, 1.82) is 0 Å². The molecule has 1 aliphatic carbocycles. The zero-order valence-corrected chi connectivity index (χ0v) is 9.91. The van der Waals surface area contributed by atoms with Gasteiger partial charge >= 0.3 is 0 Å². The van der Waals surface area contributed by atoms with Gasteiger partial charge in [-0.25, -0.2) is 0 Å². The average Bonchev–Trinajstić information content (AvgIpc) is 2.18. The van der Waals surface area contributed by atoms with Gasteiger partial charge in [-0.1, -0.05) is 12.8 Å². The molecule has 1 fully saturated rings. The number of aliphatic hydroxyl groups excluding tert-OH is 1. The Morgan fingerprint density at radius 3 is 2.67 bits per heavy atom. The molecule has 1 N–H and O–H groups in total. The molecule has 0 radical (unpaired) electrons. The van der Waals surface area contributed by atoms with E-state index in [1.165, 1.54) is 6.42 Å². The van der Waals surface area contributed by atoms with Crippen LogP contribution in [0.1, 0.15) is 39.0 Å². The summed E-state index contributed by atoms with van der Waals surface area (Å²) in [6.45, 7) is 3.37. The second kappa shape index (κ2) is 6.23. The first kappa shape index (κ1) is 12.7. The minimum Gasteiger partial charge on any atom is -0.393 e. The third-order valence-electron chi connectivity index (χ3n) is 3.26. The highest BCUT2D eigenvalue weighted by molar-refractivity contribution is 5.75. The van der Waals surface area contributed by atoms with E-state index in [4.69, 9.17) is 0 Å². The maximum Gasteiger partial charge on any atom is 0.131 e. The van der Waals surface area contributed by atoms with Crippen molar-refractivity contribution in [3.8, 4) is 0 Å². The maximum absolute atomic E-state index is 10.8. The van der Waals surface area contributed by atoms with Gasteiger partial charge in [0.15, 0.2) is 0 Å². The standard InChI is InChI=1S/C12H23NO2/c1-10(14)7-8-13(2)9-11-5-3-4-6-12(11)15/h11-12,15H,3-9H2,1-2H3. The number of carbonyl (C=O) groups excluding carboxylic acids is 1. The van der Waals surface area contributed by atoms with Crippen molar-refractivity contribution in [3.63, 3.8) is 0 Å². The van der Waals surface area contributed by atoms with Crippen LogP contribution in [-0.2, 0) is 4.79 Å². The first-order chi connectivity index (χ1) is 7.09. The summed E-state index contributed by atoms with van der Waals surface area (Å²) in [6, 6.07) is 0. The Hall–Kier alpha value is -0.410. The molecule has 15 heavy (non-hydrogen) atoms. The first-order valence-corrected chi connectivity index (χ1v) is 5.95. The van der Waals surface area contributed by atoms with Crippen LogP contribution < -0.4 is 0 Å². The third-order valence-corrected chi connectivity index (χ3v) is 3.26. The number of nitrogens with zero attached hydrogens (tertiary/aromatic N) is 1. The zero-order valence-electron chi connectivity index (χ0n) is 9.91. The number of aliphatic hydroxyl groups is 1. The molecule has 2 unspecified atom stereocenters. The number of rotatable bonds is 5. The number of ketones is 1. The molecular weight excluding hydrogens is 190 g/mol. The van der Waals surface area contributed by atoms with Crippen molar-refractivity contribution in [2.45, 2.75) is 45.1 Å². The molecule has 3 nitrogen and oxygen atoms in total. The molecule has 0 aliphatic heterocycles. The first-order valence-electron chi connectivity index (χ1n) is 5.95. The zero-order chi connectivity index (χ0) is 11.3. The summed E-state index contributed by atoms with van der Waals surface area (Å²) >= 11 is 0. The van der Waals surface area contributed by atoms with E-state index < -0.39 is 0 Å². The molecule has 0 bridgehead atoms. The molecule has 0 aromatic carbocycles. The van der Waals surface area contributed by atoms with Crippen molar-refractivity contribution in [2.75, 3.05) is 20.1 Å². The summed E-state index contributed by atoms with van der Waals surface area (Å²) in [7, 11) is 2.03. The summed E-state index contributed by atoms with van der Waals surface area (Å²) in [5.74, 6) is 0.654. The van der Waals surface area contributed by atoms with Crippen LogP contribution in [0.4, 0.5) is 0 Å². The molecule has 1 aliphatic rings. The summed E-state index contributed by atoms with van der Waals surface area (Å²) < 4.78 is 0. The number of hydrogen-bond acceptors (Lipinski definition) is 3. The van der Waals surface area contributed by atoms with E-state index in [1.54, 1.807) is 6.92 Å². The normalized spacial score (nSPS) is 26.9. The van der Waals surface area contributed by atoms with E-state index in [0.29, 0.717) is 12.3 Å². The second-order valence-electron chi connectivity index (χ2n) is 4.83. The summed E-state index contributed by atoms with van der Waals surface area (Å²) in [5.41, 5.74) is 0. The van der Waals surface area contributed by atoms with E-state index in [2.05, 4.69) is 4.90 Å². The van der Waals surface area contributed by atoms with Gasteiger partial charge in [0.05, 0.1) is 6.10 Å². The summed E-state index contributed by atoms with van der Waals surface area (Å²) in [4.78, 5) is 13.0. The molecule has 0 aromatic rings. The smallest absolute Gasteiger partial charge is 0.131 e. The van der Waals surface area contributed by atoms with Crippen LogP contribution in [0.3, 0.4) is 0 Å². The Labute approximate surface area is 92.5 Å². The molecule has 0 aromatic heterocycles. The maximum atomic E-state index is 10.8. The predicted molar refractivity (Wildman–Crippen MR) is 60.8 cm³/mol. The molecule has 0 heterocycles. The SMILES string of the molecule is CC(=O)CCN(C)CC1CCCCC1O. The molecule has 1 saturated carbocycles. The molecule has 3 heteroatoms. The highest BCUT2D eigenvalue weighted by Gasteiger charge is 2.23. The van der Waals surface area contributed by atoms with Crippen molar-refractivity contribution in [3.05, 3.63) is 0 Å². The van der Waals surface area contributed by atoms with Gasteiger partial charge in [0, 0.05) is 19.5 Å². The average molecular weight is 213 g/mol. The Balaban J connectivity index is 2.23. The van der Waals surface area contributed by atoms with Crippen LogP contribution in [0.25, 0.3) is 0 Å². The lowest BCUT2D eigenvalue weighted by Crippen LogP contribution is -2.35. The van der Waals surface area contributed by atoms with Crippen molar-refractivity contribution < 1.29 is 9.90 Å². The molecule has 0 saturated heterocycles. The van der Waals surface area contributed by atoms with Crippen molar-refractivity contribution >= 4 is 5.78 Å². The van der Waals surface area contributed by atoms with Gasteiger partial charge < -0.3 is 10.0 Å². The fourth-order valence-electron chi connectivity index (χ4n) is 2.24. The van der Waals surface area contributed by atoms with Gasteiger partial charge in [-0.2, -0.15) is 0 Å². The van der Waals surface area contributed by atoms with Crippen LogP contribution >= 0.6 is 0 Å². The topological polar surface area (TPSA) is 40.5 Å². The monoisotopic (exact) mass is 213 g/mol. The fraction of sp³-hybridized carbons (Fsp3) is 0.917. The number of Topliss-reactive ketones (excluding diaryl/α,β-unsaturated/α-hetero) is 1. The highest BCUT2D eigenvalue weighted by atomic mass is 16.3. The van der Waals surface area contributed by atoms with Crippen LogP contribution in [-0.4, -0.2) is 42.0 Å². The minimum atomic E-state index is -0.126. The van der Waals surface area contributed by atoms with Crippen LogP contribution in [0.15, 0.2) is 0 Å². The Bertz CT molecular complexity index is 206. The van der Waals surface area contributed by atoms with Gasteiger partial charge in [-0.05, 0) is 32.7 Å². The largest absolute Gasteiger partial charge is 0.393 e. The van der Waals surface area contributed by atoms with Crippen LogP contribution in [0.2, 0.25) is 0 Å². The lowest BCUT2D eigenvalue weighted by Gasteiger charge is -2.31. The molecule has 0 amide bonds. The number of hydrogen-bond donors (Lipinski definition) is 1. The molecule has 1 rings (SSSR count). The highest BCUT2D eigenvalue weighted by Crippen LogP contribution is 2.24. The quantitative estimate of drug-likeness (QED) is 0.751. The van der Waals surface area contributed by atoms with E-state index in [0.717, 1.165) is 32.4 Å². The minimum absolute atomic E-state index is 0.126. The van der Waals surface area contributed by atoms with Crippen LogP contribution in [0.5, 0.6) is 0 Å². The predicted octanol–water partition coefficient (Wildman–Crippen LogP) is 1.45. The molecule has 0 spiro atoms. The van der Waals surface area contributed by atoms with Crippen molar-refractivity contribution in [1.82, 2.24) is 4.90 Å². The summed E-state index contributed by atoms with van der Waals surface area (Å²) in [6.07, 6.45) is 4.98. The number of carbonyl (C=O) groups is 1. The van der Waals surface area contributed by atoms with E-state index >= 15 is 0 Å². The third kappa shape index (κ3) is 4.76. The Morgan fingerprint density at radius 2 is 2.07 bits per heavy atom. The van der Waals surface area contributed by atoms with E-state index in [9.17, 15) is 9.90 Å². The fourth-order valence-corrected chi connectivity index (χ4v) is 2.24. The van der Waals surface area contributed by atoms with Gasteiger partial charge in [-0.15, -0.1) is 0 Å². The van der Waals surface area contributed by atoms with Gasteiger partial charge in [-0.3, -0.25) is 4.79 Å². The Morgan fingerprint density at radius 1 is 1.40 bits per heavy atom. The molecular formula is C12H23NO2. The lowest BCUT2D eigenvalue weighted by atomic mass is 9.86. The van der Waals surface area contributed by atoms with Gasteiger partial charge in [0.1, 0.15) is 5.78 Å². The van der Waals surface area contributed by atoms with Gasteiger partial charge in [0.2, 0.25) is 0 Å². The van der Waals surface area contributed by atoms with Crippen LogP contribution in [0, 0.1) is 5.92 Å². The Kier molecular flexibility index (Phi) is 5.26. The lowest BCUT2D eigenvalue weighted by molar-refractivity contribution is -0.117. The second-order valence-corrected chi connectivity index (χ2v) is 4.83. The molecule has 88 valence electrons.